The zero-order chi connectivity index (χ0) is 11.2. The fourth-order valence-corrected chi connectivity index (χ4v) is 1.78. The molecule has 0 heterocycles. The smallest absolute Gasteiger partial charge is 0.320 e. The summed E-state index contributed by atoms with van der Waals surface area (Å²) < 4.78 is 28.3. The molecule has 0 aliphatic rings. The van der Waals surface area contributed by atoms with Crippen molar-refractivity contribution < 1.29 is 23.1 Å². The molecule has 0 spiro atoms. The highest BCUT2D eigenvalue weighted by Crippen LogP contribution is 1.99. The van der Waals surface area contributed by atoms with Crippen LogP contribution in [0.4, 0.5) is 0 Å². The lowest BCUT2D eigenvalue weighted by molar-refractivity contribution is -0.134. The summed E-state index contributed by atoms with van der Waals surface area (Å²) in [6.45, 7) is 0.719. The second-order valence-electron chi connectivity index (χ2n) is 2.82. The van der Waals surface area contributed by atoms with Crippen LogP contribution in [-0.2, 0) is 19.6 Å². The molecule has 0 fully saturated rings. The maximum absolute atomic E-state index is 11.2. The van der Waals surface area contributed by atoms with Crippen LogP contribution in [-0.4, -0.2) is 56.9 Å². The molecule has 0 unspecified atom stereocenters. The largest absolute Gasteiger partial charge is 0.480 e. The topological polar surface area (TPSA) is 83.9 Å². The van der Waals surface area contributed by atoms with Crippen LogP contribution in [0.25, 0.3) is 0 Å². The number of ether oxygens (including phenoxy) is 1. The van der Waals surface area contributed by atoms with Gasteiger partial charge < -0.3 is 9.84 Å². The van der Waals surface area contributed by atoms with Gasteiger partial charge in [-0.1, -0.05) is 0 Å². The van der Waals surface area contributed by atoms with E-state index in [2.05, 4.69) is 0 Å². The van der Waals surface area contributed by atoms with Gasteiger partial charge in [0.15, 0.2) is 5.75 Å². The van der Waals surface area contributed by atoms with Gasteiger partial charge in [-0.2, -0.15) is 0 Å². The Morgan fingerprint density at radius 1 is 1.50 bits per heavy atom. The van der Waals surface area contributed by atoms with E-state index in [1.807, 2.05) is 0 Å². The predicted molar refractivity (Wildman–Crippen MR) is 50.5 cm³/mol. The van der Waals surface area contributed by atoms with Crippen molar-refractivity contribution in [2.45, 2.75) is 6.42 Å². The molecule has 0 bridgehead atoms. The maximum atomic E-state index is 11.2. The van der Waals surface area contributed by atoms with E-state index in [9.17, 15) is 13.2 Å². The van der Waals surface area contributed by atoms with Crippen molar-refractivity contribution in [3.8, 4) is 0 Å². The third-order valence-electron chi connectivity index (χ3n) is 1.60. The molecule has 84 valence electrons. The van der Waals surface area contributed by atoms with Gasteiger partial charge in [0.05, 0.1) is 0 Å². The third-order valence-corrected chi connectivity index (χ3v) is 3.35. The van der Waals surface area contributed by atoms with Gasteiger partial charge in [0, 0.05) is 27.3 Å². The summed E-state index contributed by atoms with van der Waals surface area (Å²) in [7, 11) is -0.787. The molecular formula is C7H15NO5S. The van der Waals surface area contributed by atoms with Crippen LogP contribution in [0, 0.1) is 0 Å². The van der Waals surface area contributed by atoms with Gasteiger partial charge >= 0.3 is 5.97 Å². The summed E-state index contributed by atoms with van der Waals surface area (Å²) >= 11 is 0. The van der Waals surface area contributed by atoms with Gasteiger partial charge in [-0.25, -0.2) is 12.7 Å². The molecule has 0 aliphatic heterocycles. The Balaban J connectivity index is 4.08. The number of carbonyl (C=O) groups is 1. The standard InChI is InChI=1S/C7H15NO5S/c1-8(4-3-5-13-2)14(11,12)6-7(9)10/h3-6H2,1-2H3,(H,9,10). The lowest BCUT2D eigenvalue weighted by atomic mass is 10.5. The molecule has 0 aromatic carbocycles. The summed E-state index contributed by atoms with van der Waals surface area (Å²) in [5.41, 5.74) is 0. The summed E-state index contributed by atoms with van der Waals surface area (Å²) in [6.07, 6.45) is 0.547. The van der Waals surface area contributed by atoms with Crippen molar-refractivity contribution >= 4 is 16.0 Å². The minimum Gasteiger partial charge on any atom is -0.480 e. The first kappa shape index (κ1) is 13.3. The Morgan fingerprint density at radius 2 is 2.07 bits per heavy atom. The Hall–Kier alpha value is -0.660. The van der Waals surface area contributed by atoms with E-state index < -0.39 is 21.7 Å². The van der Waals surface area contributed by atoms with Crippen molar-refractivity contribution in [2.75, 3.05) is 33.1 Å². The second-order valence-corrected chi connectivity index (χ2v) is 4.89. The summed E-state index contributed by atoms with van der Waals surface area (Å²) in [5.74, 6) is -2.21. The van der Waals surface area contributed by atoms with Gasteiger partial charge in [-0.15, -0.1) is 0 Å². The first-order valence-electron chi connectivity index (χ1n) is 4.05. The molecular weight excluding hydrogens is 210 g/mol. The Bertz CT molecular complexity index is 274. The Morgan fingerprint density at radius 3 is 2.50 bits per heavy atom. The number of carboxylic acid groups (broad SMARTS) is 1. The second kappa shape index (κ2) is 5.94. The molecule has 0 aromatic rings. The van der Waals surface area contributed by atoms with Gasteiger partial charge in [0.1, 0.15) is 0 Å². The number of methoxy groups -OCH3 is 1. The van der Waals surface area contributed by atoms with Crippen molar-refractivity contribution in [2.24, 2.45) is 0 Å². The van der Waals surface area contributed by atoms with Crippen LogP contribution >= 0.6 is 0 Å². The van der Waals surface area contributed by atoms with E-state index in [1.165, 1.54) is 14.2 Å². The van der Waals surface area contributed by atoms with Crippen molar-refractivity contribution in [1.29, 1.82) is 0 Å². The van der Waals surface area contributed by atoms with Crippen molar-refractivity contribution in [1.82, 2.24) is 4.31 Å². The van der Waals surface area contributed by atoms with E-state index in [0.29, 0.717) is 13.0 Å². The summed E-state index contributed by atoms with van der Waals surface area (Å²) in [4.78, 5) is 10.2. The monoisotopic (exact) mass is 225 g/mol. The van der Waals surface area contributed by atoms with Crippen LogP contribution in [0.2, 0.25) is 0 Å². The average molecular weight is 225 g/mol. The average Bonchev–Trinajstić information content (AvgIpc) is 2.02. The number of rotatable bonds is 7. The molecule has 0 atom stereocenters. The molecule has 7 heteroatoms. The number of hydrogen-bond donors (Lipinski definition) is 1. The highest BCUT2D eigenvalue weighted by atomic mass is 32.2. The highest BCUT2D eigenvalue weighted by molar-refractivity contribution is 7.89. The fourth-order valence-electron chi connectivity index (χ4n) is 0.837. The van der Waals surface area contributed by atoms with Crippen molar-refractivity contribution in [3.63, 3.8) is 0 Å². The number of hydrogen-bond acceptors (Lipinski definition) is 4. The van der Waals surface area contributed by atoms with Crippen LogP contribution in [0.3, 0.4) is 0 Å². The molecule has 0 radical (unpaired) electrons. The lowest BCUT2D eigenvalue weighted by Crippen LogP contribution is -2.33. The van der Waals surface area contributed by atoms with Gasteiger partial charge in [-0.05, 0) is 6.42 Å². The van der Waals surface area contributed by atoms with Crippen molar-refractivity contribution in [3.05, 3.63) is 0 Å². The van der Waals surface area contributed by atoms with E-state index in [1.54, 1.807) is 0 Å². The number of carboxylic acids is 1. The number of sulfonamides is 1. The van der Waals surface area contributed by atoms with E-state index in [-0.39, 0.29) is 6.54 Å². The highest BCUT2D eigenvalue weighted by Gasteiger charge is 2.20. The van der Waals surface area contributed by atoms with Gasteiger partial charge in [0.2, 0.25) is 10.0 Å². The van der Waals surface area contributed by atoms with Gasteiger partial charge in [-0.3, -0.25) is 4.79 Å². The first-order valence-corrected chi connectivity index (χ1v) is 5.66. The zero-order valence-electron chi connectivity index (χ0n) is 8.26. The molecule has 14 heavy (non-hydrogen) atoms. The van der Waals surface area contributed by atoms with Crippen LogP contribution in [0.5, 0.6) is 0 Å². The minimum absolute atomic E-state index is 0.267. The normalized spacial score (nSPS) is 11.9. The molecule has 0 aromatic heterocycles. The van der Waals surface area contributed by atoms with Gasteiger partial charge in [0.25, 0.3) is 0 Å². The fraction of sp³-hybridized carbons (Fsp3) is 0.857. The van der Waals surface area contributed by atoms with E-state index >= 15 is 0 Å². The Kier molecular flexibility index (Phi) is 5.66. The molecule has 0 saturated carbocycles. The summed E-state index contributed by atoms with van der Waals surface area (Å²) in [5, 5.41) is 8.34. The maximum Gasteiger partial charge on any atom is 0.320 e. The Labute approximate surface area is 83.5 Å². The predicted octanol–water partition coefficient (Wildman–Crippen LogP) is -0.631. The SMILES string of the molecule is COCCCN(C)S(=O)(=O)CC(=O)O. The lowest BCUT2D eigenvalue weighted by Gasteiger charge is -2.15. The molecule has 0 rings (SSSR count). The van der Waals surface area contributed by atoms with Crippen LogP contribution < -0.4 is 0 Å². The molecule has 1 N–H and O–H groups in total. The first-order chi connectivity index (χ1) is 6.40. The molecule has 0 aliphatic carbocycles. The number of aliphatic carboxylic acids is 1. The molecule has 0 saturated heterocycles. The minimum atomic E-state index is -3.66. The zero-order valence-corrected chi connectivity index (χ0v) is 9.08. The third kappa shape index (κ3) is 5.15. The quantitative estimate of drug-likeness (QED) is 0.583. The molecule has 0 amide bonds. The van der Waals surface area contributed by atoms with Crippen LogP contribution in [0.1, 0.15) is 6.42 Å². The summed E-state index contributed by atoms with van der Waals surface area (Å²) in [6, 6.07) is 0. The number of nitrogens with zero attached hydrogens (tertiary/aromatic N) is 1. The van der Waals surface area contributed by atoms with Crippen LogP contribution in [0.15, 0.2) is 0 Å². The van der Waals surface area contributed by atoms with E-state index in [4.69, 9.17) is 9.84 Å². The molecule has 6 nitrogen and oxygen atoms in total. The van der Waals surface area contributed by atoms with E-state index in [0.717, 1.165) is 4.31 Å².